The third-order valence-electron chi connectivity index (χ3n) is 4.84. The molecule has 142 valence electrons. The van der Waals surface area contributed by atoms with E-state index in [0.29, 0.717) is 17.9 Å². The lowest BCUT2D eigenvalue weighted by Crippen LogP contribution is -2.04. The van der Waals surface area contributed by atoms with Crippen LogP contribution >= 0.6 is 0 Å². The minimum Gasteiger partial charge on any atom is -0.487 e. The molecule has 0 N–H and O–H groups in total. The highest BCUT2D eigenvalue weighted by atomic mass is 19.1. The highest BCUT2D eigenvalue weighted by molar-refractivity contribution is 5.86. The number of aryl methyl sites for hydroxylation is 1. The van der Waals surface area contributed by atoms with E-state index in [1.807, 2.05) is 32.2 Å². The molecular formula is C22H19F2N3O. The summed E-state index contributed by atoms with van der Waals surface area (Å²) in [5, 5.41) is 0. The Hall–Kier alpha value is -3.28. The number of hydrogen-bond acceptors (Lipinski definition) is 3. The van der Waals surface area contributed by atoms with Crippen molar-refractivity contribution in [2.75, 3.05) is 0 Å². The normalized spacial score (nSPS) is 11.1. The van der Waals surface area contributed by atoms with Gasteiger partial charge in [-0.1, -0.05) is 6.07 Å². The molecule has 0 aliphatic rings. The molecule has 6 heteroatoms. The zero-order valence-electron chi connectivity index (χ0n) is 15.6. The van der Waals surface area contributed by atoms with Crippen LogP contribution in [0.25, 0.3) is 11.0 Å². The molecular weight excluding hydrogens is 360 g/mol. The molecule has 28 heavy (non-hydrogen) atoms. The Balaban J connectivity index is 1.73. The Labute approximate surface area is 161 Å². The Morgan fingerprint density at radius 1 is 1.00 bits per heavy atom. The third kappa shape index (κ3) is 3.45. The van der Waals surface area contributed by atoms with Gasteiger partial charge in [0.25, 0.3) is 0 Å². The highest BCUT2D eigenvalue weighted by Crippen LogP contribution is 2.32. The molecule has 0 radical (unpaired) electrons. The van der Waals surface area contributed by atoms with Crippen molar-refractivity contribution in [2.24, 2.45) is 0 Å². The van der Waals surface area contributed by atoms with Gasteiger partial charge < -0.3 is 9.30 Å². The maximum absolute atomic E-state index is 13.5. The van der Waals surface area contributed by atoms with Gasteiger partial charge in [-0.25, -0.2) is 8.78 Å². The number of pyridine rings is 2. The van der Waals surface area contributed by atoms with Gasteiger partial charge in [0.05, 0.1) is 5.52 Å². The molecule has 4 nitrogen and oxygen atoms in total. The summed E-state index contributed by atoms with van der Waals surface area (Å²) in [5.41, 5.74) is 5.36. The van der Waals surface area contributed by atoms with Crippen molar-refractivity contribution in [3.63, 3.8) is 0 Å². The van der Waals surface area contributed by atoms with Crippen molar-refractivity contribution < 1.29 is 13.5 Å². The Morgan fingerprint density at radius 2 is 1.79 bits per heavy atom. The molecule has 0 spiro atoms. The summed E-state index contributed by atoms with van der Waals surface area (Å²) in [7, 11) is 0. The van der Waals surface area contributed by atoms with Crippen molar-refractivity contribution >= 4 is 11.0 Å². The zero-order chi connectivity index (χ0) is 19.7. The summed E-state index contributed by atoms with van der Waals surface area (Å²) in [6.45, 7) is 4.75. The molecule has 4 aromatic rings. The number of ether oxygens (including phenoxy) is 1. The molecule has 0 saturated carbocycles. The fourth-order valence-electron chi connectivity index (χ4n) is 3.36. The van der Waals surface area contributed by atoms with Crippen LogP contribution in [0.1, 0.15) is 22.4 Å². The van der Waals surface area contributed by atoms with Gasteiger partial charge in [0.1, 0.15) is 29.5 Å². The van der Waals surface area contributed by atoms with Crippen LogP contribution < -0.4 is 4.74 Å². The number of rotatable bonds is 5. The number of aromatic nitrogens is 3. The van der Waals surface area contributed by atoms with E-state index in [1.165, 1.54) is 12.1 Å². The SMILES string of the molecule is Cc1c(C)n(Cc2cccnc2)c2c(OCc3cc(F)cc(F)c3)ccnc12. The molecule has 0 atom stereocenters. The molecule has 0 fully saturated rings. The van der Waals surface area contributed by atoms with E-state index in [9.17, 15) is 8.78 Å². The van der Waals surface area contributed by atoms with Gasteiger partial charge in [0.15, 0.2) is 0 Å². The Bertz CT molecular complexity index is 1120. The van der Waals surface area contributed by atoms with Gasteiger partial charge in [-0.3, -0.25) is 9.97 Å². The van der Waals surface area contributed by atoms with Crippen LogP contribution in [-0.4, -0.2) is 14.5 Å². The molecule has 0 unspecified atom stereocenters. The van der Waals surface area contributed by atoms with E-state index < -0.39 is 11.6 Å². The van der Waals surface area contributed by atoms with E-state index in [-0.39, 0.29) is 6.61 Å². The molecule has 1 aromatic carbocycles. The molecule has 0 bridgehead atoms. The predicted octanol–water partition coefficient (Wildman–Crippen LogP) is 4.95. The maximum atomic E-state index is 13.5. The largest absolute Gasteiger partial charge is 0.487 e. The Kier molecular flexibility index (Phi) is 4.77. The number of benzene rings is 1. The first-order valence-corrected chi connectivity index (χ1v) is 8.94. The molecule has 0 saturated heterocycles. The number of halogens is 2. The van der Waals surface area contributed by atoms with Crippen molar-refractivity contribution in [1.82, 2.24) is 14.5 Å². The quantitative estimate of drug-likeness (QED) is 0.492. The van der Waals surface area contributed by atoms with E-state index in [0.717, 1.165) is 33.9 Å². The fraction of sp³-hybridized carbons (Fsp3) is 0.182. The van der Waals surface area contributed by atoms with E-state index in [1.54, 1.807) is 18.5 Å². The minimum atomic E-state index is -0.620. The highest BCUT2D eigenvalue weighted by Gasteiger charge is 2.17. The van der Waals surface area contributed by atoms with Gasteiger partial charge in [0.2, 0.25) is 0 Å². The van der Waals surface area contributed by atoms with Gasteiger partial charge in [-0.05, 0) is 48.7 Å². The smallest absolute Gasteiger partial charge is 0.147 e. The molecule has 0 aliphatic carbocycles. The van der Waals surface area contributed by atoms with Crippen LogP contribution in [0.3, 0.4) is 0 Å². The molecule has 0 amide bonds. The number of nitrogens with zero attached hydrogens (tertiary/aromatic N) is 3. The fourth-order valence-corrected chi connectivity index (χ4v) is 3.36. The second-order valence-electron chi connectivity index (χ2n) is 6.73. The maximum Gasteiger partial charge on any atom is 0.147 e. The lowest BCUT2D eigenvalue weighted by atomic mass is 10.2. The second-order valence-corrected chi connectivity index (χ2v) is 6.73. The minimum absolute atomic E-state index is 0.0595. The monoisotopic (exact) mass is 379 g/mol. The van der Waals surface area contributed by atoms with E-state index in [2.05, 4.69) is 14.5 Å². The lowest BCUT2D eigenvalue weighted by Gasteiger charge is -2.13. The average molecular weight is 379 g/mol. The molecule has 3 heterocycles. The number of hydrogen-bond donors (Lipinski definition) is 0. The van der Waals surface area contributed by atoms with Gasteiger partial charge >= 0.3 is 0 Å². The van der Waals surface area contributed by atoms with E-state index >= 15 is 0 Å². The third-order valence-corrected chi connectivity index (χ3v) is 4.84. The van der Waals surface area contributed by atoms with Crippen LogP contribution in [0.15, 0.2) is 55.0 Å². The molecule has 0 aliphatic heterocycles. The summed E-state index contributed by atoms with van der Waals surface area (Å²) in [6.07, 6.45) is 5.25. The molecule has 4 rings (SSSR count). The van der Waals surface area contributed by atoms with Crippen molar-refractivity contribution in [2.45, 2.75) is 27.0 Å². The summed E-state index contributed by atoms with van der Waals surface area (Å²) in [5.74, 6) is -0.620. The predicted molar refractivity (Wildman–Crippen MR) is 103 cm³/mol. The van der Waals surface area contributed by atoms with Crippen LogP contribution in [0.4, 0.5) is 8.78 Å². The Morgan fingerprint density at radius 3 is 2.50 bits per heavy atom. The zero-order valence-corrected chi connectivity index (χ0v) is 15.6. The van der Waals surface area contributed by atoms with Crippen molar-refractivity contribution in [3.05, 3.63) is 89.0 Å². The van der Waals surface area contributed by atoms with Gasteiger partial charge in [-0.2, -0.15) is 0 Å². The summed E-state index contributed by atoms with van der Waals surface area (Å²) < 4.78 is 35.0. The first-order valence-electron chi connectivity index (χ1n) is 8.94. The van der Waals surface area contributed by atoms with Gasteiger partial charge in [0, 0.05) is 43.0 Å². The topological polar surface area (TPSA) is 39.9 Å². The first kappa shape index (κ1) is 18.1. The van der Waals surface area contributed by atoms with E-state index in [4.69, 9.17) is 4.74 Å². The standard InChI is InChI=1S/C22H19F2N3O/c1-14-15(2)27(12-16-4-3-6-25-11-16)22-20(5-7-26-21(14)22)28-13-17-8-18(23)10-19(24)9-17/h3-11H,12-13H2,1-2H3. The average Bonchev–Trinajstić information content (AvgIpc) is 2.92. The van der Waals surface area contributed by atoms with Crippen molar-refractivity contribution in [1.29, 1.82) is 0 Å². The van der Waals surface area contributed by atoms with Crippen LogP contribution in [0.5, 0.6) is 5.75 Å². The second kappa shape index (κ2) is 7.38. The summed E-state index contributed by atoms with van der Waals surface area (Å²) >= 11 is 0. The van der Waals surface area contributed by atoms with Crippen LogP contribution in [0.2, 0.25) is 0 Å². The van der Waals surface area contributed by atoms with Crippen molar-refractivity contribution in [3.8, 4) is 5.75 Å². The summed E-state index contributed by atoms with van der Waals surface area (Å²) in [4.78, 5) is 8.69. The van der Waals surface area contributed by atoms with Crippen LogP contribution in [0, 0.1) is 25.5 Å². The van der Waals surface area contributed by atoms with Crippen LogP contribution in [-0.2, 0) is 13.2 Å². The van der Waals surface area contributed by atoms with Gasteiger partial charge in [-0.15, -0.1) is 0 Å². The molecule has 3 aromatic heterocycles. The summed E-state index contributed by atoms with van der Waals surface area (Å²) in [6, 6.07) is 9.08. The number of fused-ring (bicyclic) bond motifs is 1. The lowest BCUT2D eigenvalue weighted by molar-refractivity contribution is 0.307. The first-order chi connectivity index (χ1) is 13.5.